The van der Waals surface area contributed by atoms with Crippen molar-refractivity contribution in [2.45, 2.75) is 25.5 Å². The smallest absolute Gasteiger partial charge is 0.189 e. The molecule has 126 valence electrons. The number of aromatic nitrogens is 2. The van der Waals surface area contributed by atoms with Crippen LogP contribution in [0.5, 0.6) is 0 Å². The highest BCUT2D eigenvalue weighted by molar-refractivity contribution is 6.11. The second-order valence-corrected chi connectivity index (χ2v) is 6.74. The molecule has 0 unspecified atom stereocenters. The highest BCUT2D eigenvalue weighted by Crippen LogP contribution is 2.35. The molecule has 3 aromatic rings. The highest BCUT2D eigenvalue weighted by atomic mass is 16.5. The zero-order valence-corrected chi connectivity index (χ0v) is 13.8. The maximum absolute atomic E-state index is 12.3. The predicted molar refractivity (Wildman–Crippen MR) is 95.5 cm³/mol. The normalized spacial score (nSPS) is 20.2. The molecule has 25 heavy (non-hydrogen) atoms. The van der Waals surface area contributed by atoms with Crippen LogP contribution in [0.25, 0.3) is 22.2 Å². The zero-order valence-electron chi connectivity index (χ0n) is 13.8. The number of ketones is 1. The van der Waals surface area contributed by atoms with Gasteiger partial charge in [-0.2, -0.15) is 0 Å². The van der Waals surface area contributed by atoms with Crippen molar-refractivity contribution in [3.8, 4) is 11.3 Å². The molecule has 1 fully saturated rings. The third kappa shape index (κ3) is 2.39. The number of aromatic amines is 1. The van der Waals surface area contributed by atoms with E-state index in [-0.39, 0.29) is 12.4 Å². The van der Waals surface area contributed by atoms with Crippen LogP contribution in [0.4, 0.5) is 0 Å². The summed E-state index contributed by atoms with van der Waals surface area (Å²) in [5.74, 6) is 0.0377. The molecule has 2 N–H and O–H groups in total. The SMILES string of the molecule is O=C1COCc2c(-c3ccc([C@@H]4CCCN4)nc3)[nH]c3cccc1c23. The minimum absolute atomic E-state index is 0.0377. The highest BCUT2D eigenvalue weighted by Gasteiger charge is 2.23. The van der Waals surface area contributed by atoms with Gasteiger partial charge < -0.3 is 15.0 Å². The number of rotatable bonds is 2. The Balaban J connectivity index is 1.62. The third-order valence-corrected chi connectivity index (χ3v) is 5.20. The summed E-state index contributed by atoms with van der Waals surface area (Å²) in [4.78, 5) is 20.4. The molecule has 0 radical (unpaired) electrons. The number of nitrogens with zero attached hydrogens (tertiary/aromatic N) is 1. The van der Waals surface area contributed by atoms with E-state index in [1.165, 1.54) is 6.42 Å². The molecule has 1 atom stereocenters. The molecule has 2 aliphatic heterocycles. The van der Waals surface area contributed by atoms with Crippen LogP contribution in [-0.4, -0.2) is 28.9 Å². The molecular weight excluding hydrogens is 314 g/mol. The van der Waals surface area contributed by atoms with E-state index in [0.29, 0.717) is 12.6 Å². The molecule has 1 aromatic carbocycles. The Bertz CT molecular complexity index is 953. The Morgan fingerprint density at radius 1 is 1.16 bits per heavy atom. The van der Waals surface area contributed by atoms with Crippen molar-refractivity contribution in [2.24, 2.45) is 0 Å². The number of benzene rings is 1. The molecule has 5 rings (SSSR count). The van der Waals surface area contributed by atoms with Gasteiger partial charge in [-0.05, 0) is 37.6 Å². The topological polar surface area (TPSA) is 67.0 Å². The van der Waals surface area contributed by atoms with Crippen LogP contribution in [0.1, 0.15) is 40.5 Å². The molecule has 0 aliphatic carbocycles. The summed E-state index contributed by atoms with van der Waals surface area (Å²) in [7, 11) is 0. The number of ether oxygens (including phenoxy) is 1. The fraction of sp³-hybridized carbons (Fsp3) is 0.300. The second-order valence-electron chi connectivity index (χ2n) is 6.74. The predicted octanol–water partition coefficient (Wildman–Crippen LogP) is 3.37. The Labute approximate surface area is 145 Å². The van der Waals surface area contributed by atoms with Gasteiger partial charge in [-0.25, -0.2) is 0 Å². The van der Waals surface area contributed by atoms with Crippen LogP contribution in [-0.2, 0) is 11.3 Å². The standard InChI is InChI=1S/C20H19N3O2/c24-18-11-25-10-14-19-13(18)3-1-4-17(19)23-20(14)12-6-7-16(22-9-12)15-5-2-8-21-15/h1,3-4,6-7,9,15,21,23H,2,5,8,10-11H2/t15-/m0/s1. The molecule has 0 bridgehead atoms. The van der Waals surface area contributed by atoms with Gasteiger partial charge in [-0.15, -0.1) is 0 Å². The Hall–Kier alpha value is -2.50. The van der Waals surface area contributed by atoms with Gasteiger partial charge in [0, 0.05) is 39.8 Å². The number of Topliss-reactive ketones (excluding diaryl/α,β-unsaturated/α-hetero) is 1. The van der Waals surface area contributed by atoms with E-state index in [9.17, 15) is 4.79 Å². The maximum atomic E-state index is 12.3. The summed E-state index contributed by atoms with van der Waals surface area (Å²) < 4.78 is 5.61. The molecule has 0 amide bonds. The van der Waals surface area contributed by atoms with Crippen LogP contribution in [0, 0.1) is 0 Å². The Kier molecular flexibility index (Phi) is 3.43. The first-order valence-electron chi connectivity index (χ1n) is 8.75. The number of hydrogen-bond acceptors (Lipinski definition) is 4. The summed E-state index contributed by atoms with van der Waals surface area (Å²) in [6, 6.07) is 10.4. The summed E-state index contributed by atoms with van der Waals surface area (Å²) in [5.41, 5.74) is 5.88. The Morgan fingerprint density at radius 2 is 2.12 bits per heavy atom. The number of hydrogen-bond donors (Lipinski definition) is 2. The van der Waals surface area contributed by atoms with Crippen LogP contribution < -0.4 is 5.32 Å². The molecule has 5 nitrogen and oxygen atoms in total. The fourth-order valence-electron chi connectivity index (χ4n) is 3.96. The van der Waals surface area contributed by atoms with Gasteiger partial charge in [-0.3, -0.25) is 9.78 Å². The molecular formula is C20H19N3O2. The van der Waals surface area contributed by atoms with Gasteiger partial charge in [0.1, 0.15) is 6.61 Å². The molecule has 0 spiro atoms. The maximum Gasteiger partial charge on any atom is 0.189 e. The number of H-pyrrole nitrogens is 1. The van der Waals surface area contributed by atoms with Crippen molar-refractivity contribution >= 4 is 16.7 Å². The van der Waals surface area contributed by atoms with Crippen molar-refractivity contribution in [1.29, 1.82) is 0 Å². The van der Waals surface area contributed by atoms with Crippen LogP contribution >= 0.6 is 0 Å². The van der Waals surface area contributed by atoms with E-state index in [1.807, 2.05) is 24.4 Å². The lowest BCUT2D eigenvalue weighted by atomic mass is 10.0. The summed E-state index contributed by atoms with van der Waals surface area (Å²) >= 11 is 0. The average molecular weight is 333 g/mol. The monoisotopic (exact) mass is 333 g/mol. The van der Waals surface area contributed by atoms with Gasteiger partial charge in [0.2, 0.25) is 0 Å². The Morgan fingerprint density at radius 3 is 2.92 bits per heavy atom. The molecule has 0 saturated carbocycles. The number of nitrogens with one attached hydrogen (secondary N) is 2. The van der Waals surface area contributed by atoms with E-state index in [1.54, 1.807) is 0 Å². The van der Waals surface area contributed by atoms with Crippen molar-refractivity contribution in [2.75, 3.05) is 13.2 Å². The zero-order chi connectivity index (χ0) is 16.8. The minimum atomic E-state index is 0.0377. The van der Waals surface area contributed by atoms with Crippen molar-refractivity contribution in [1.82, 2.24) is 15.3 Å². The first-order chi connectivity index (χ1) is 12.3. The molecule has 2 aliphatic rings. The van der Waals surface area contributed by atoms with E-state index in [0.717, 1.165) is 51.9 Å². The average Bonchev–Trinajstić information content (AvgIpc) is 3.26. The van der Waals surface area contributed by atoms with Gasteiger partial charge in [-0.1, -0.05) is 12.1 Å². The molecule has 2 aromatic heterocycles. The van der Waals surface area contributed by atoms with Crippen LogP contribution in [0.3, 0.4) is 0 Å². The molecule has 5 heteroatoms. The first-order valence-corrected chi connectivity index (χ1v) is 8.75. The van der Waals surface area contributed by atoms with Crippen LogP contribution in [0.2, 0.25) is 0 Å². The largest absolute Gasteiger partial charge is 0.369 e. The number of carbonyl (C=O) groups is 1. The summed E-state index contributed by atoms with van der Waals surface area (Å²) in [5, 5.41) is 4.47. The van der Waals surface area contributed by atoms with Gasteiger partial charge >= 0.3 is 0 Å². The molecule has 1 saturated heterocycles. The lowest BCUT2D eigenvalue weighted by Crippen LogP contribution is -2.13. The first kappa shape index (κ1) is 14.8. The summed E-state index contributed by atoms with van der Waals surface area (Å²) in [6.45, 7) is 1.64. The molecule has 4 heterocycles. The van der Waals surface area contributed by atoms with Gasteiger partial charge in [0.25, 0.3) is 0 Å². The number of carbonyl (C=O) groups excluding carboxylic acids is 1. The fourth-order valence-corrected chi connectivity index (χ4v) is 3.96. The van der Waals surface area contributed by atoms with Crippen molar-refractivity contribution in [3.05, 3.63) is 53.3 Å². The van der Waals surface area contributed by atoms with Crippen molar-refractivity contribution < 1.29 is 9.53 Å². The van der Waals surface area contributed by atoms with Crippen molar-refractivity contribution in [3.63, 3.8) is 0 Å². The van der Waals surface area contributed by atoms with E-state index >= 15 is 0 Å². The van der Waals surface area contributed by atoms with Gasteiger partial charge in [0.15, 0.2) is 5.78 Å². The lowest BCUT2D eigenvalue weighted by molar-refractivity contribution is 0.0742. The van der Waals surface area contributed by atoms with E-state index in [4.69, 9.17) is 4.74 Å². The lowest BCUT2D eigenvalue weighted by Gasteiger charge is -2.10. The summed E-state index contributed by atoms with van der Waals surface area (Å²) in [6.07, 6.45) is 4.26. The van der Waals surface area contributed by atoms with Crippen LogP contribution in [0.15, 0.2) is 36.5 Å². The second kappa shape index (κ2) is 5.79. The minimum Gasteiger partial charge on any atom is -0.369 e. The quantitative estimate of drug-likeness (QED) is 0.754. The van der Waals surface area contributed by atoms with E-state index in [2.05, 4.69) is 27.4 Å². The number of pyridine rings is 1. The third-order valence-electron chi connectivity index (χ3n) is 5.20. The van der Waals surface area contributed by atoms with Gasteiger partial charge in [0.05, 0.1) is 18.0 Å². The van der Waals surface area contributed by atoms with E-state index < -0.39 is 0 Å².